The molecule has 0 spiro atoms. The summed E-state index contributed by atoms with van der Waals surface area (Å²) < 4.78 is 5.92. The fourth-order valence-corrected chi connectivity index (χ4v) is 8.01. The molecule has 1 nitrogen and oxygen atoms in total. The lowest BCUT2D eigenvalue weighted by atomic mass is 10.0. The zero-order valence-electron chi connectivity index (χ0n) is 19.6. The van der Waals surface area contributed by atoms with Gasteiger partial charge >= 0.3 is 0 Å². The number of hydrogen-bond acceptors (Lipinski definition) is 3. The van der Waals surface area contributed by atoms with Crippen LogP contribution in [0.15, 0.2) is 36.4 Å². The summed E-state index contributed by atoms with van der Waals surface area (Å²) >= 11 is 4.00. The largest absolute Gasteiger partial charge is 0.371 e. The van der Waals surface area contributed by atoms with E-state index in [1.165, 1.54) is 131 Å². The van der Waals surface area contributed by atoms with Crippen molar-refractivity contribution in [3.05, 3.63) is 42.0 Å². The second kappa shape index (κ2) is 10.6. The molecule has 4 aromatic rings. The molecule has 1 fully saturated rings. The summed E-state index contributed by atoms with van der Waals surface area (Å²) in [7, 11) is 0. The highest BCUT2D eigenvalue weighted by atomic mass is 32.1. The molecule has 170 valence electrons. The first kappa shape index (κ1) is 22.2. The maximum atomic E-state index is 2.58. The summed E-state index contributed by atoms with van der Waals surface area (Å²) in [5.74, 6) is 0. The minimum absolute atomic E-state index is 1.22. The second-order valence-corrected chi connectivity index (χ2v) is 11.8. The third-order valence-corrected chi connectivity index (χ3v) is 9.67. The highest BCUT2D eigenvalue weighted by Crippen LogP contribution is 2.45. The quantitative estimate of drug-likeness (QED) is 0.211. The predicted molar refractivity (Wildman–Crippen MR) is 147 cm³/mol. The van der Waals surface area contributed by atoms with E-state index in [4.69, 9.17) is 0 Å². The molecule has 1 aliphatic rings. The van der Waals surface area contributed by atoms with Gasteiger partial charge in [-0.25, -0.2) is 0 Å². The van der Waals surface area contributed by atoms with Gasteiger partial charge in [-0.1, -0.05) is 70.1 Å². The van der Waals surface area contributed by atoms with Gasteiger partial charge in [-0.3, -0.25) is 0 Å². The molecule has 3 heteroatoms. The van der Waals surface area contributed by atoms with Crippen molar-refractivity contribution in [1.82, 2.24) is 0 Å². The van der Waals surface area contributed by atoms with Crippen molar-refractivity contribution in [3.8, 4) is 0 Å². The Hall–Kier alpha value is -1.58. The van der Waals surface area contributed by atoms with Crippen LogP contribution in [0.4, 0.5) is 5.69 Å². The molecule has 32 heavy (non-hydrogen) atoms. The van der Waals surface area contributed by atoms with Crippen LogP contribution in [0.3, 0.4) is 0 Å². The maximum absolute atomic E-state index is 2.58. The third-order valence-electron chi connectivity index (χ3n) is 7.17. The van der Waals surface area contributed by atoms with E-state index in [2.05, 4.69) is 48.2 Å². The first-order valence-corrected chi connectivity index (χ1v) is 14.6. The topological polar surface area (TPSA) is 3.24 Å². The van der Waals surface area contributed by atoms with Crippen LogP contribution in [0.2, 0.25) is 0 Å². The molecule has 1 saturated heterocycles. The van der Waals surface area contributed by atoms with Crippen molar-refractivity contribution >= 4 is 57.9 Å². The Labute approximate surface area is 201 Å². The van der Waals surface area contributed by atoms with E-state index >= 15 is 0 Å². The Morgan fingerprint density at radius 2 is 1.31 bits per heavy atom. The normalized spacial score (nSPS) is 14.8. The van der Waals surface area contributed by atoms with Crippen molar-refractivity contribution in [2.24, 2.45) is 0 Å². The third kappa shape index (κ3) is 4.84. The Morgan fingerprint density at radius 3 is 2.03 bits per heavy atom. The monoisotopic (exact) mass is 463 g/mol. The molecule has 0 saturated carbocycles. The van der Waals surface area contributed by atoms with E-state index in [1.807, 2.05) is 22.7 Å². The number of thiophene rings is 2. The van der Waals surface area contributed by atoms with Gasteiger partial charge in [0.25, 0.3) is 0 Å². The van der Waals surface area contributed by atoms with Gasteiger partial charge in [-0.2, -0.15) is 0 Å². The summed E-state index contributed by atoms with van der Waals surface area (Å²) in [6, 6.07) is 14.4. The summed E-state index contributed by atoms with van der Waals surface area (Å²) in [6.07, 6.45) is 16.5. The van der Waals surface area contributed by atoms with Crippen molar-refractivity contribution in [3.63, 3.8) is 0 Å². The fourth-order valence-electron chi connectivity index (χ4n) is 5.26. The average molecular weight is 464 g/mol. The highest BCUT2D eigenvalue weighted by molar-refractivity contribution is 7.36. The summed E-state index contributed by atoms with van der Waals surface area (Å²) in [5, 5.41) is 2.92. The zero-order chi connectivity index (χ0) is 21.8. The molecule has 1 aliphatic heterocycles. The average Bonchev–Trinajstić information content (AvgIpc) is 3.36. The fraction of sp³-hybridized carbons (Fsp3) is 0.517. The smallest absolute Gasteiger partial charge is 0.0542 e. The van der Waals surface area contributed by atoms with Gasteiger partial charge in [0.15, 0.2) is 0 Å². The van der Waals surface area contributed by atoms with Crippen LogP contribution >= 0.6 is 22.7 Å². The lowest BCUT2D eigenvalue weighted by Crippen LogP contribution is -2.29. The Balaban J connectivity index is 1.26. The van der Waals surface area contributed by atoms with Crippen LogP contribution in [0.1, 0.15) is 83.1 Å². The van der Waals surface area contributed by atoms with Crippen molar-refractivity contribution < 1.29 is 0 Å². The molecular weight excluding hydrogens is 426 g/mol. The van der Waals surface area contributed by atoms with Gasteiger partial charge in [-0.15, -0.1) is 22.7 Å². The van der Waals surface area contributed by atoms with E-state index in [-0.39, 0.29) is 0 Å². The van der Waals surface area contributed by atoms with Crippen LogP contribution < -0.4 is 4.90 Å². The molecular formula is C29H37NS2. The van der Waals surface area contributed by atoms with Crippen LogP contribution in [0.25, 0.3) is 29.6 Å². The Kier molecular flexibility index (Phi) is 7.34. The Bertz CT molecular complexity index is 1160. The first-order chi connectivity index (χ1) is 15.8. The van der Waals surface area contributed by atoms with Gasteiger partial charge in [0, 0.05) is 38.9 Å². The molecule has 2 aromatic heterocycles. The van der Waals surface area contributed by atoms with Crippen molar-refractivity contribution in [2.45, 2.75) is 84.0 Å². The Morgan fingerprint density at radius 1 is 0.688 bits per heavy atom. The molecule has 0 atom stereocenters. The molecule has 2 aromatic carbocycles. The van der Waals surface area contributed by atoms with E-state index in [0.29, 0.717) is 0 Å². The molecule has 0 aliphatic carbocycles. The predicted octanol–water partition coefficient (Wildman–Crippen LogP) is 9.94. The zero-order valence-corrected chi connectivity index (χ0v) is 21.3. The summed E-state index contributed by atoms with van der Waals surface area (Å²) in [5.41, 5.74) is 2.94. The van der Waals surface area contributed by atoms with Crippen molar-refractivity contribution in [1.29, 1.82) is 0 Å². The second-order valence-electron chi connectivity index (χ2n) is 9.65. The summed E-state index contributed by atoms with van der Waals surface area (Å²) in [4.78, 5) is 2.58. The molecule has 0 radical (unpaired) electrons. The standard InChI is InChI=1S/C29H37NS2/c1-2-3-4-5-6-7-8-10-13-22-14-16-24-26(20-22)31-29-25-17-15-23(21-27(25)32-28(24)29)30-18-11-9-12-19-30/h14-17,20-21H,2-13,18-19H2,1H3. The highest BCUT2D eigenvalue weighted by Gasteiger charge is 2.15. The number of unbranched alkanes of at least 4 members (excludes halogenated alkanes) is 7. The van der Waals surface area contributed by atoms with Gasteiger partial charge in [0.2, 0.25) is 0 Å². The molecule has 3 heterocycles. The molecule has 5 rings (SSSR count). The van der Waals surface area contributed by atoms with Crippen LogP contribution in [-0.2, 0) is 6.42 Å². The minimum atomic E-state index is 1.22. The van der Waals surface area contributed by atoms with Gasteiger partial charge < -0.3 is 4.90 Å². The number of fused-ring (bicyclic) bond motifs is 5. The number of benzene rings is 2. The van der Waals surface area contributed by atoms with Crippen molar-refractivity contribution in [2.75, 3.05) is 18.0 Å². The molecule has 0 amide bonds. The number of piperidine rings is 1. The summed E-state index contributed by atoms with van der Waals surface area (Å²) in [6.45, 7) is 4.73. The number of rotatable bonds is 10. The van der Waals surface area contributed by atoms with Gasteiger partial charge in [0.1, 0.15) is 0 Å². The van der Waals surface area contributed by atoms with Gasteiger partial charge in [-0.05, 0) is 55.9 Å². The van der Waals surface area contributed by atoms with E-state index < -0.39 is 0 Å². The van der Waals surface area contributed by atoms with E-state index in [0.717, 1.165) is 0 Å². The number of anilines is 1. The number of aryl methyl sites for hydroxylation is 1. The maximum Gasteiger partial charge on any atom is 0.0542 e. The molecule has 0 N–H and O–H groups in total. The van der Waals surface area contributed by atoms with Crippen LogP contribution in [-0.4, -0.2) is 13.1 Å². The lowest BCUT2D eigenvalue weighted by Gasteiger charge is -2.28. The van der Waals surface area contributed by atoms with E-state index in [9.17, 15) is 0 Å². The number of hydrogen-bond donors (Lipinski definition) is 0. The SMILES string of the molecule is CCCCCCCCCCc1ccc2c(c1)sc1c3ccc(N4CCCCC4)cc3sc21. The minimum Gasteiger partial charge on any atom is -0.371 e. The van der Waals surface area contributed by atoms with Crippen LogP contribution in [0, 0.1) is 0 Å². The molecule has 0 unspecified atom stereocenters. The first-order valence-electron chi connectivity index (χ1n) is 13.0. The van der Waals surface area contributed by atoms with E-state index in [1.54, 1.807) is 0 Å². The van der Waals surface area contributed by atoms with Crippen LogP contribution in [0.5, 0.6) is 0 Å². The lowest BCUT2D eigenvalue weighted by molar-refractivity contribution is 0.575. The molecule has 0 bridgehead atoms. The number of nitrogens with zero attached hydrogens (tertiary/aromatic N) is 1. The van der Waals surface area contributed by atoms with Gasteiger partial charge in [0.05, 0.1) is 9.40 Å².